The molecule has 3 N–H and O–H groups in total. The lowest BCUT2D eigenvalue weighted by molar-refractivity contribution is -0.146. The zero-order valence-corrected chi connectivity index (χ0v) is 21.0. The Hall–Kier alpha value is -2.10. The number of hydrogen-bond donors (Lipinski definition) is 3. The van der Waals surface area contributed by atoms with Gasteiger partial charge in [-0.05, 0) is 56.5 Å². The van der Waals surface area contributed by atoms with E-state index in [1.165, 1.54) is 0 Å². The summed E-state index contributed by atoms with van der Waals surface area (Å²) in [7, 11) is 2.13. The van der Waals surface area contributed by atoms with E-state index in [1.54, 1.807) is 19.9 Å². The summed E-state index contributed by atoms with van der Waals surface area (Å²) < 4.78 is 5.41. The van der Waals surface area contributed by atoms with Crippen LogP contribution in [-0.4, -0.2) is 65.2 Å². The smallest absolute Gasteiger partial charge is 0.326 e. The van der Waals surface area contributed by atoms with Crippen LogP contribution < -0.4 is 10.1 Å². The Morgan fingerprint density at radius 2 is 1.94 bits per heavy atom. The summed E-state index contributed by atoms with van der Waals surface area (Å²) in [5.74, 6) is -2.88. The average molecular weight is 483 g/mol. The third kappa shape index (κ3) is 8.01. The van der Waals surface area contributed by atoms with Crippen molar-refractivity contribution in [3.05, 3.63) is 29.8 Å². The minimum atomic E-state index is -1.69. The van der Waals surface area contributed by atoms with Crippen LogP contribution in [0.2, 0.25) is 0 Å². The lowest BCUT2D eigenvalue weighted by Crippen LogP contribution is -2.48. The van der Waals surface area contributed by atoms with Gasteiger partial charge < -0.3 is 25.2 Å². The molecule has 1 aliphatic rings. The quantitative estimate of drug-likeness (QED) is 0.366. The number of carboxylic acids is 1. The van der Waals surface area contributed by atoms with Crippen LogP contribution >= 0.6 is 13.5 Å². The molecule has 1 aromatic rings. The second kappa shape index (κ2) is 13.0. The van der Waals surface area contributed by atoms with E-state index >= 15 is 0 Å². The predicted octanol–water partition coefficient (Wildman–Crippen LogP) is 2.44. The molecule has 1 fully saturated rings. The third-order valence-electron chi connectivity index (χ3n) is 6.27. The zero-order chi connectivity index (χ0) is 23.9. The molecule has 0 radical (unpaired) electrons. The summed E-state index contributed by atoms with van der Waals surface area (Å²) in [6, 6.07) is 6.31. The van der Waals surface area contributed by atoms with Crippen molar-refractivity contribution in [2.75, 3.05) is 20.1 Å². The molecule has 1 saturated heterocycles. The first-order valence-electron chi connectivity index (χ1n) is 11.3. The maximum atomic E-state index is 12.3. The lowest BCUT2D eigenvalue weighted by atomic mass is 9.74. The summed E-state index contributed by atoms with van der Waals surface area (Å²) in [6.07, 6.45) is 2.06. The van der Waals surface area contributed by atoms with Crippen molar-refractivity contribution in [3.63, 3.8) is 0 Å². The van der Waals surface area contributed by atoms with Gasteiger partial charge in [-0.3, -0.25) is 9.59 Å². The maximum absolute atomic E-state index is 12.3. The summed E-state index contributed by atoms with van der Waals surface area (Å²) in [5.41, 5.74) is 1.09. The SMILES string of the molecule is CCC1(c2cccc(OC(=O)CC(O)C(=O)NC(C(=O)O)C(C)C)c2)CCCCN(C)C1.S. The fourth-order valence-electron chi connectivity index (χ4n) is 4.32. The molecule has 1 aromatic carbocycles. The number of benzene rings is 1. The van der Waals surface area contributed by atoms with Crippen LogP contribution in [0.1, 0.15) is 58.4 Å². The number of hydrogen-bond acceptors (Lipinski definition) is 6. The molecule has 2 rings (SSSR count). The van der Waals surface area contributed by atoms with Gasteiger partial charge in [0.25, 0.3) is 0 Å². The Kier molecular flexibility index (Phi) is 11.4. The number of aliphatic hydroxyl groups is 1. The molecular weight excluding hydrogens is 444 g/mol. The van der Waals surface area contributed by atoms with E-state index in [4.69, 9.17) is 9.84 Å². The van der Waals surface area contributed by atoms with Crippen LogP contribution in [-0.2, 0) is 19.8 Å². The molecule has 9 heteroatoms. The first-order valence-corrected chi connectivity index (χ1v) is 11.3. The predicted molar refractivity (Wildman–Crippen MR) is 131 cm³/mol. The molecular formula is C24H38N2O6S. The van der Waals surface area contributed by atoms with Crippen molar-refractivity contribution in [2.24, 2.45) is 5.92 Å². The number of likely N-dealkylation sites (N-methyl/N-ethyl adjacent to an activating group) is 1. The highest BCUT2D eigenvalue weighted by molar-refractivity contribution is 7.59. The Balaban J connectivity index is 0.00000544. The second-order valence-electron chi connectivity index (χ2n) is 9.12. The number of carbonyl (C=O) groups is 3. The van der Waals surface area contributed by atoms with Crippen molar-refractivity contribution in [2.45, 2.75) is 70.4 Å². The number of amides is 1. The van der Waals surface area contributed by atoms with Crippen molar-refractivity contribution < 1.29 is 29.3 Å². The maximum Gasteiger partial charge on any atom is 0.326 e. The van der Waals surface area contributed by atoms with Gasteiger partial charge in [0.2, 0.25) is 5.91 Å². The number of carboxylic acid groups (broad SMARTS) is 1. The summed E-state index contributed by atoms with van der Waals surface area (Å²) >= 11 is 0. The highest BCUT2D eigenvalue weighted by Crippen LogP contribution is 2.37. The largest absolute Gasteiger partial charge is 0.480 e. The second-order valence-corrected chi connectivity index (χ2v) is 9.12. The molecule has 0 aromatic heterocycles. The summed E-state index contributed by atoms with van der Waals surface area (Å²) in [5, 5.41) is 21.5. The molecule has 0 aliphatic carbocycles. The van der Waals surface area contributed by atoms with Crippen LogP contribution in [0.5, 0.6) is 5.75 Å². The number of ether oxygens (including phenoxy) is 1. The number of carbonyl (C=O) groups excluding carboxylic acids is 2. The van der Waals surface area contributed by atoms with Gasteiger partial charge in [-0.15, -0.1) is 0 Å². The first-order chi connectivity index (χ1) is 15.1. The molecule has 1 heterocycles. The van der Waals surface area contributed by atoms with Gasteiger partial charge in [0, 0.05) is 12.0 Å². The minimum Gasteiger partial charge on any atom is -0.480 e. The molecule has 0 saturated carbocycles. The summed E-state index contributed by atoms with van der Waals surface area (Å²) in [6.45, 7) is 7.45. The molecule has 1 aliphatic heterocycles. The zero-order valence-electron chi connectivity index (χ0n) is 20.0. The molecule has 1 amide bonds. The van der Waals surface area contributed by atoms with Gasteiger partial charge in [0.1, 0.15) is 17.9 Å². The third-order valence-corrected chi connectivity index (χ3v) is 6.27. The lowest BCUT2D eigenvalue weighted by Gasteiger charge is -2.35. The normalized spacial score (nSPS) is 20.8. The number of nitrogens with zero attached hydrogens (tertiary/aromatic N) is 1. The number of esters is 1. The first kappa shape index (κ1) is 28.9. The monoisotopic (exact) mass is 482 g/mol. The van der Waals surface area contributed by atoms with Crippen LogP contribution in [0.15, 0.2) is 24.3 Å². The van der Waals surface area contributed by atoms with Gasteiger partial charge in [-0.25, -0.2) is 4.79 Å². The highest BCUT2D eigenvalue weighted by atomic mass is 32.1. The van der Waals surface area contributed by atoms with Gasteiger partial charge in [0.15, 0.2) is 0 Å². The molecule has 8 nitrogen and oxygen atoms in total. The fraction of sp³-hybridized carbons (Fsp3) is 0.625. The Labute approximate surface area is 203 Å². The fourth-order valence-corrected chi connectivity index (χ4v) is 4.32. The van der Waals surface area contributed by atoms with E-state index in [0.29, 0.717) is 5.75 Å². The van der Waals surface area contributed by atoms with Crippen molar-refractivity contribution >= 4 is 31.3 Å². The number of aliphatic carboxylic acids is 1. The van der Waals surface area contributed by atoms with Gasteiger partial charge in [0.05, 0.1) is 6.42 Å². The van der Waals surface area contributed by atoms with E-state index in [9.17, 15) is 19.5 Å². The molecule has 0 bridgehead atoms. The highest BCUT2D eigenvalue weighted by Gasteiger charge is 2.33. The van der Waals surface area contributed by atoms with E-state index in [0.717, 1.165) is 44.3 Å². The van der Waals surface area contributed by atoms with Crippen molar-refractivity contribution in [3.8, 4) is 5.75 Å². The van der Waals surface area contributed by atoms with Crippen LogP contribution in [0.25, 0.3) is 0 Å². The van der Waals surface area contributed by atoms with E-state index in [1.807, 2.05) is 12.1 Å². The number of nitrogens with one attached hydrogen (secondary N) is 1. The van der Waals surface area contributed by atoms with Crippen LogP contribution in [0, 0.1) is 5.92 Å². The van der Waals surface area contributed by atoms with E-state index in [2.05, 4.69) is 30.3 Å². The Morgan fingerprint density at radius 1 is 1.24 bits per heavy atom. The Morgan fingerprint density at radius 3 is 2.55 bits per heavy atom. The minimum absolute atomic E-state index is 0. The summed E-state index contributed by atoms with van der Waals surface area (Å²) in [4.78, 5) is 38.0. The van der Waals surface area contributed by atoms with E-state index in [-0.39, 0.29) is 24.8 Å². The molecule has 33 heavy (non-hydrogen) atoms. The number of aliphatic hydroxyl groups excluding tert-OH is 1. The van der Waals surface area contributed by atoms with Crippen molar-refractivity contribution in [1.82, 2.24) is 10.2 Å². The molecule has 186 valence electrons. The van der Waals surface area contributed by atoms with Crippen LogP contribution in [0.3, 0.4) is 0 Å². The van der Waals surface area contributed by atoms with E-state index < -0.39 is 36.4 Å². The number of rotatable bonds is 9. The molecule has 3 unspecified atom stereocenters. The number of likely N-dealkylation sites (tertiary alicyclic amines) is 1. The molecule has 0 spiro atoms. The molecule has 3 atom stereocenters. The van der Waals surface area contributed by atoms with Crippen LogP contribution in [0.4, 0.5) is 0 Å². The van der Waals surface area contributed by atoms with Gasteiger partial charge >= 0.3 is 11.9 Å². The average Bonchev–Trinajstić information content (AvgIpc) is 2.93. The standard InChI is InChI=1S/C24H36N2O6.H2S/c1-5-24(11-6-7-12-26(4)15-24)17-9-8-10-18(13-17)32-20(28)14-19(27)22(29)25-21(16(2)3)23(30)31;/h8-10,13,16,19,21,27H,5-7,11-12,14-15H2,1-4H3,(H,25,29)(H,30,31);1H2. The topological polar surface area (TPSA) is 116 Å². The van der Waals surface area contributed by atoms with Gasteiger partial charge in [-0.1, -0.05) is 39.3 Å². The van der Waals surface area contributed by atoms with Crippen molar-refractivity contribution in [1.29, 1.82) is 0 Å². The van der Waals surface area contributed by atoms with Gasteiger partial charge in [-0.2, -0.15) is 13.5 Å². The Bertz CT molecular complexity index is 818.